The van der Waals surface area contributed by atoms with Crippen LogP contribution >= 0.6 is 25.0 Å². The van der Waals surface area contributed by atoms with Crippen LogP contribution in [-0.4, -0.2) is 39.0 Å². The van der Waals surface area contributed by atoms with E-state index in [9.17, 15) is 19.4 Å². The Labute approximate surface area is 305 Å². The van der Waals surface area contributed by atoms with Gasteiger partial charge in [0, 0.05) is 0 Å². The fraction of sp³-hybridized carbons (Fsp3) is 0.535. The second kappa shape index (κ2) is 15.3. The topological polar surface area (TPSA) is 6.48 Å². The molecular weight excluding hydrogens is 747 g/mol. The molecule has 0 unspecified atom stereocenters. The van der Waals surface area contributed by atoms with Crippen molar-refractivity contribution in [2.75, 3.05) is 22.9 Å². The van der Waals surface area contributed by atoms with Crippen molar-refractivity contribution in [3.05, 3.63) is 95.6 Å². The zero-order valence-electron chi connectivity index (χ0n) is 30.0. The van der Waals surface area contributed by atoms with Gasteiger partial charge in [-0.1, -0.05) is 0 Å². The minimum atomic E-state index is -4.82. The van der Waals surface area contributed by atoms with Crippen LogP contribution in [0.15, 0.2) is 78.9 Å². The van der Waals surface area contributed by atoms with Gasteiger partial charge >= 0.3 is 308 Å². The van der Waals surface area contributed by atoms with Gasteiger partial charge < -0.3 is 0 Å². The Morgan fingerprint density at radius 1 is 0.531 bits per heavy atom. The average Bonchev–Trinajstić information content (AvgIpc) is 3.14. The first kappa shape index (κ1) is 36.0. The molecule has 0 N–H and O–H groups in total. The third-order valence-corrected chi connectivity index (χ3v) is 49.6. The first-order valence-electron chi connectivity index (χ1n) is 19.5. The van der Waals surface area contributed by atoms with E-state index >= 15 is 0 Å². The van der Waals surface area contributed by atoms with Crippen LogP contribution in [0.3, 0.4) is 0 Å². The number of nitrogens with zero attached hydrogens (tertiary/aromatic N) is 2. The van der Waals surface area contributed by atoms with Gasteiger partial charge in [0.25, 0.3) is 0 Å². The summed E-state index contributed by atoms with van der Waals surface area (Å²) >= 11 is 0. The Bertz CT molecular complexity index is 1600. The van der Waals surface area contributed by atoms with Crippen LogP contribution in [0.25, 0.3) is 0 Å². The normalized spacial score (nSPS) is 22.0. The Balaban J connectivity index is 1.68. The zero-order valence-corrected chi connectivity index (χ0v) is 34.3. The number of rotatable bonds is 7. The standard InChI is InChI=1S/C18H20N2.C18H33P.C7H6.2ClH.Ru/c1-15-4-8-17(9-5-15)19-12-3-13-20(14-19)18-10-6-16(2)7-11-18;1-4-10-16(11-5-1)19(17-12-6-2-7-13-17)18-14-8-3-9-15-18;1-7-5-3-2-4-6-7;;;/h4-11H,3,12-13H2,1-2H3;16-18H,1-15H2;1-6H;2*1H;/q;;;;;+1/p-1. The molecule has 0 atom stereocenters. The summed E-state index contributed by atoms with van der Waals surface area (Å²) in [5, 5.41) is 0. The van der Waals surface area contributed by atoms with E-state index < -0.39 is 15.8 Å². The van der Waals surface area contributed by atoms with E-state index in [1.165, 1.54) is 129 Å². The molecule has 0 aromatic heterocycles. The van der Waals surface area contributed by atoms with Crippen LogP contribution in [0, 0.1) is 13.8 Å². The minimum absolute atomic E-state index is 0.682. The van der Waals surface area contributed by atoms with Crippen molar-refractivity contribution in [1.82, 2.24) is 0 Å². The average molecular weight is 808 g/mol. The van der Waals surface area contributed by atoms with E-state index in [4.69, 9.17) is 0 Å². The van der Waals surface area contributed by atoms with Crippen molar-refractivity contribution >= 4 is 45.3 Å². The predicted octanol–water partition coefficient (Wildman–Crippen LogP) is 12.6. The molecule has 3 aromatic carbocycles. The summed E-state index contributed by atoms with van der Waals surface area (Å²) in [6, 6.07) is 29.7. The Morgan fingerprint density at radius 2 is 0.918 bits per heavy atom. The van der Waals surface area contributed by atoms with E-state index in [2.05, 4.69) is 107 Å². The Hall–Kier alpha value is -1.37. The van der Waals surface area contributed by atoms with Crippen molar-refractivity contribution in [2.24, 2.45) is 0 Å². The summed E-state index contributed by atoms with van der Waals surface area (Å²) in [5.74, 6) is 0. The summed E-state index contributed by atoms with van der Waals surface area (Å²) in [5.41, 5.74) is 5.80. The molecule has 3 saturated carbocycles. The molecule has 269 valence electrons. The van der Waals surface area contributed by atoms with Gasteiger partial charge in [-0.05, 0) is 0 Å². The molecule has 2 nitrogen and oxygen atoms in total. The Kier molecular flexibility index (Phi) is 11.3. The van der Waals surface area contributed by atoms with Crippen molar-refractivity contribution in [1.29, 1.82) is 0 Å². The molecule has 0 bridgehead atoms. The second-order valence-electron chi connectivity index (χ2n) is 15.7. The van der Waals surface area contributed by atoms with Crippen molar-refractivity contribution in [3.8, 4) is 0 Å². The van der Waals surface area contributed by atoms with Crippen molar-refractivity contribution in [3.63, 3.8) is 0 Å². The molecule has 1 aliphatic heterocycles. The van der Waals surface area contributed by atoms with Crippen LogP contribution in [0.4, 0.5) is 11.4 Å². The maximum absolute atomic E-state index is 9.41. The van der Waals surface area contributed by atoms with E-state index in [1.807, 2.05) is 0 Å². The molecule has 0 amide bonds. The molecule has 49 heavy (non-hydrogen) atoms. The van der Waals surface area contributed by atoms with Crippen molar-refractivity contribution in [2.45, 2.75) is 134 Å². The SMILES string of the molecule is Cc1ccc(N2CCCN(c3ccc(C)cc3)[C]2=[Ru]([Cl])([Cl])(=[CH]c2ccccc2)[PH](C2CCCCC2)(C2CCCCC2)C2CCCCC2)cc1. The van der Waals surface area contributed by atoms with Gasteiger partial charge in [0.1, 0.15) is 0 Å². The van der Waals surface area contributed by atoms with Crippen LogP contribution in [0.2, 0.25) is 0 Å². The molecule has 1 saturated heterocycles. The van der Waals surface area contributed by atoms with E-state index in [0.29, 0.717) is 17.0 Å². The number of hydrogen-bond acceptors (Lipinski definition) is 2. The quantitative estimate of drug-likeness (QED) is 0.173. The summed E-state index contributed by atoms with van der Waals surface area (Å²) in [4.78, 5) is 5.34. The van der Waals surface area contributed by atoms with Crippen LogP contribution in [0.5, 0.6) is 0 Å². The molecule has 6 heteroatoms. The molecular formula is C43H60Cl2N2PRu. The van der Waals surface area contributed by atoms with Gasteiger partial charge in [-0.25, -0.2) is 0 Å². The molecule has 3 aliphatic carbocycles. The molecule has 4 aliphatic rings. The fourth-order valence-electron chi connectivity index (χ4n) is 10.4. The zero-order chi connectivity index (χ0) is 33.9. The summed E-state index contributed by atoms with van der Waals surface area (Å²) in [7, 11) is 14.0. The van der Waals surface area contributed by atoms with Crippen LogP contribution < -0.4 is 9.80 Å². The summed E-state index contributed by atoms with van der Waals surface area (Å²) < 4.78 is 3.95. The van der Waals surface area contributed by atoms with Crippen LogP contribution in [0.1, 0.15) is 119 Å². The first-order chi connectivity index (χ1) is 23.8. The van der Waals surface area contributed by atoms with Crippen LogP contribution in [-0.2, 0) is 10.2 Å². The third kappa shape index (κ3) is 6.83. The second-order valence-corrected chi connectivity index (χ2v) is 43.7. The predicted molar refractivity (Wildman–Crippen MR) is 219 cm³/mol. The molecule has 0 spiro atoms. The molecule has 7 rings (SSSR count). The Morgan fingerprint density at radius 3 is 1.31 bits per heavy atom. The first-order valence-corrected chi connectivity index (χ1v) is 30.6. The molecule has 4 fully saturated rings. The number of benzene rings is 3. The van der Waals surface area contributed by atoms with Gasteiger partial charge in [-0.15, -0.1) is 0 Å². The number of aryl methyl sites for hydroxylation is 2. The molecule has 1 heterocycles. The summed E-state index contributed by atoms with van der Waals surface area (Å²) in [6.07, 6.45) is 21.2. The number of hydrogen-bond donors (Lipinski definition) is 0. The fourth-order valence-corrected chi connectivity index (χ4v) is 58.1. The van der Waals surface area contributed by atoms with Gasteiger partial charge in [0.15, 0.2) is 0 Å². The monoisotopic (exact) mass is 807 g/mol. The van der Waals surface area contributed by atoms with Gasteiger partial charge in [0.2, 0.25) is 0 Å². The number of anilines is 2. The third-order valence-electron chi connectivity index (χ3n) is 12.5. The van der Waals surface area contributed by atoms with Gasteiger partial charge in [-0.3, -0.25) is 0 Å². The molecule has 0 radical (unpaired) electrons. The van der Waals surface area contributed by atoms with E-state index in [-0.39, 0.29) is 0 Å². The van der Waals surface area contributed by atoms with Crippen molar-refractivity contribution < 1.29 is 10.2 Å². The molecule has 3 aromatic rings. The number of halogens is 2. The van der Waals surface area contributed by atoms with E-state index in [1.54, 1.807) is 0 Å². The van der Waals surface area contributed by atoms with E-state index in [0.717, 1.165) is 19.5 Å². The summed E-state index contributed by atoms with van der Waals surface area (Å²) in [6.45, 7) is 6.32. The van der Waals surface area contributed by atoms with Gasteiger partial charge in [0.05, 0.1) is 0 Å². The maximum atomic E-state index is 9.41. The van der Waals surface area contributed by atoms with Gasteiger partial charge in [-0.2, -0.15) is 0 Å².